The molecule has 23 heavy (non-hydrogen) atoms. The molecule has 2 rings (SSSR count). The summed E-state index contributed by atoms with van der Waals surface area (Å²) in [5.41, 5.74) is 4.18. The van der Waals surface area contributed by atoms with Crippen LogP contribution in [0.3, 0.4) is 0 Å². The zero-order chi connectivity index (χ0) is 16.8. The number of rotatable bonds is 7. The Morgan fingerprint density at radius 2 is 1.65 bits per heavy atom. The van der Waals surface area contributed by atoms with E-state index >= 15 is 0 Å². The van der Waals surface area contributed by atoms with Crippen molar-refractivity contribution < 1.29 is 14.6 Å². The van der Waals surface area contributed by atoms with Gasteiger partial charge in [0.15, 0.2) is 0 Å². The van der Waals surface area contributed by atoms with Crippen molar-refractivity contribution in [2.75, 3.05) is 18.5 Å². The average Bonchev–Trinajstić information content (AvgIpc) is 2.50. The molecule has 0 saturated carbocycles. The Hall–Kier alpha value is -2.49. The molecule has 122 valence electrons. The number of carboxylic acid groups (broad SMARTS) is 1. The topological polar surface area (TPSA) is 58.6 Å². The van der Waals surface area contributed by atoms with Gasteiger partial charge in [0.2, 0.25) is 0 Å². The minimum atomic E-state index is -0.914. The first-order valence-electron chi connectivity index (χ1n) is 7.76. The third kappa shape index (κ3) is 4.25. The Balaban J connectivity index is 1.88. The van der Waals surface area contributed by atoms with Crippen LogP contribution in [-0.4, -0.2) is 24.2 Å². The second kappa shape index (κ2) is 7.68. The van der Waals surface area contributed by atoms with Gasteiger partial charge in [0.05, 0.1) is 17.9 Å². The van der Waals surface area contributed by atoms with E-state index in [9.17, 15) is 9.90 Å². The summed E-state index contributed by atoms with van der Waals surface area (Å²) >= 11 is 0. The summed E-state index contributed by atoms with van der Waals surface area (Å²) in [7, 11) is 0. The van der Waals surface area contributed by atoms with Crippen LogP contribution in [0.15, 0.2) is 36.4 Å². The molecule has 0 aromatic heterocycles. The summed E-state index contributed by atoms with van der Waals surface area (Å²) in [5.74, 6) is 0.0256. The molecule has 4 heteroatoms. The average molecular weight is 313 g/mol. The first kappa shape index (κ1) is 16.9. The monoisotopic (exact) mass is 313 g/mol. The van der Waals surface area contributed by atoms with Crippen molar-refractivity contribution in [2.24, 2.45) is 0 Å². The molecule has 2 aromatic rings. The van der Waals surface area contributed by atoms with Crippen LogP contribution in [0, 0.1) is 20.8 Å². The van der Waals surface area contributed by atoms with E-state index in [-0.39, 0.29) is 0 Å². The van der Waals surface area contributed by atoms with Gasteiger partial charge in [-0.3, -0.25) is 0 Å². The van der Waals surface area contributed by atoms with E-state index in [1.165, 1.54) is 0 Å². The molecular formula is C19H23NO3. The van der Waals surface area contributed by atoms with Gasteiger partial charge in [0.1, 0.15) is 5.75 Å². The Bertz CT molecular complexity index is 675. The molecule has 2 N–H and O–H groups in total. The maximum atomic E-state index is 11.3. The van der Waals surface area contributed by atoms with Crippen LogP contribution < -0.4 is 10.1 Å². The number of hydrogen-bond donors (Lipinski definition) is 2. The van der Waals surface area contributed by atoms with E-state index in [1.54, 1.807) is 12.1 Å². The Labute approximate surface area is 137 Å². The van der Waals surface area contributed by atoms with Crippen LogP contribution in [0.4, 0.5) is 5.69 Å². The second-order valence-corrected chi connectivity index (χ2v) is 5.65. The van der Waals surface area contributed by atoms with Gasteiger partial charge in [-0.25, -0.2) is 4.79 Å². The van der Waals surface area contributed by atoms with Gasteiger partial charge in [-0.15, -0.1) is 0 Å². The number of hydrogen-bond acceptors (Lipinski definition) is 3. The minimum Gasteiger partial charge on any atom is -0.493 e. The van der Waals surface area contributed by atoms with Crippen molar-refractivity contribution in [2.45, 2.75) is 27.2 Å². The molecule has 0 saturated heterocycles. The van der Waals surface area contributed by atoms with Gasteiger partial charge < -0.3 is 15.2 Å². The molecule has 0 spiro atoms. The van der Waals surface area contributed by atoms with Gasteiger partial charge in [-0.2, -0.15) is 0 Å². The SMILES string of the molecule is Cc1cccc(C(=O)O)c1NCCCOc1c(C)cccc1C. The molecule has 0 radical (unpaired) electrons. The van der Waals surface area contributed by atoms with E-state index in [0.29, 0.717) is 24.4 Å². The van der Waals surface area contributed by atoms with Crippen molar-refractivity contribution in [3.63, 3.8) is 0 Å². The molecule has 0 aliphatic rings. The van der Waals surface area contributed by atoms with Crippen LogP contribution in [0.5, 0.6) is 5.75 Å². The highest BCUT2D eigenvalue weighted by molar-refractivity contribution is 5.95. The van der Waals surface area contributed by atoms with Crippen LogP contribution >= 0.6 is 0 Å². The standard InChI is InChI=1S/C19H23NO3/c1-13-7-5-10-16(19(21)22)17(13)20-11-6-12-23-18-14(2)8-4-9-15(18)3/h4-5,7-10,20H,6,11-12H2,1-3H3,(H,21,22). The molecule has 0 atom stereocenters. The molecule has 0 unspecified atom stereocenters. The van der Waals surface area contributed by atoms with Crippen molar-refractivity contribution >= 4 is 11.7 Å². The number of nitrogens with one attached hydrogen (secondary N) is 1. The quantitative estimate of drug-likeness (QED) is 0.752. The number of carbonyl (C=O) groups is 1. The first-order valence-corrected chi connectivity index (χ1v) is 7.76. The molecule has 0 amide bonds. The highest BCUT2D eigenvalue weighted by Crippen LogP contribution is 2.23. The number of benzene rings is 2. The number of anilines is 1. The van der Waals surface area contributed by atoms with Gasteiger partial charge in [-0.1, -0.05) is 30.3 Å². The summed E-state index contributed by atoms with van der Waals surface area (Å²) in [6.07, 6.45) is 0.793. The highest BCUT2D eigenvalue weighted by atomic mass is 16.5. The summed E-state index contributed by atoms with van der Waals surface area (Å²) in [6.45, 7) is 7.23. The molecule has 2 aromatic carbocycles. The predicted octanol–water partition coefficient (Wildman–Crippen LogP) is 4.19. The molecule has 0 bridgehead atoms. The number of ether oxygens (including phenoxy) is 1. The third-order valence-corrected chi connectivity index (χ3v) is 3.78. The molecule has 0 fully saturated rings. The zero-order valence-corrected chi connectivity index (χ0v) is 13.8. The van der Waals surface area contributed by atoms with E-state index < -0.39 is 5.97 Å². The largest absolute Gasteiger partial charge is 0.493 e. The fourth-order valence-electron chi connectivity index (χ4n) is 2.57. The van der Waals surface area contributed by atoms with Crippen LogP contribution in [0.1, 0.15) is 33.5 Å². The molecule has 0 heterocycles. The zero-order valence-electron chi connectivity index (χ0n) is 13.8. The molecule has 0 aliphatic carbocycles. The number of carboxylic acids is 1. The van der Waals surface area contributed by atoms with Gasteiger partial charge in [-0.05, 0) is 49.9 Å². The maximum absolute atomic E-state index is 11.3. The molecular weight excluding hydrogens is 290 g/mol. The number of aromatic carboxylic acids is 1. The predicted molar refractivity (Wildman–Crippen MR) is 92.7 cm³/mol. The van der Waals surface area contributed by atoms with Crippen LogP contribution in [-0.2, 0) is 0 Å². The summed E-state index contributed by atoms with van der Waals surface area (Å²) < 4.78 is 5.86. The van der Waals surface area contributed by atoms with Crippen molar-refractivity contribution in [1.29, 1.82) is 0 Å². The van der Waals surface area contributed by atoms with Crippen LogP contribution in [0.25, 0.3) is 0 Å². The summed E-state index contributed by atoms with van der Waals surface area (Å²) in [5, 5.41) is 12.5. The lowest BCUT2D eigenvalue weighted by atomic mass is 10.1. The van der Waals surface area contributed by atoms with Crippen LogP contribution in [0.2, 0.25) is 0 Å². The fraction of sp³-hybridized carbons (Fsp3) is 0.316. The fourth-order valence-corrected chi connectivity index (χ4v) is 2.57. The lowest BCUT2D eigenvalue weighted by molar-refractivity contribution is 0.0698. The lowest BCUT2D eigenvalue weighted by Crippen LogP contribution is -2.12. The Morgan fingerprint density at radius 3 is 2.30 bits per heavy atom. The number of para-hydroxylation sites is 2. The van der Waals surface area contributed by atoms with E-state index in [4.69, 9.17) is 4.74 Å². The van der Waals surface area contributed by atoms with Crippen molar-refractivity contribution in [3.8, 4) is 5.75 Å². The molecule has 4 nitrogen and oxygen atoms in total. The van der Waals surface area contributed by atoms with Gasteiger partial charge in [0, 0.05) is 6.54 Å². The van der Waals surface area contributed by atoms with Gasteiger partial charge in [0.25, 0.3) is 0 Å². The Morgan fingerprint density at radius 1 is 1.04 bits per heavy atom. The van der Waals surface area contributed by atoms with Crippen molar-refractivity contribution in [3.05, 3.63) is 58.7 Å². The van der Waals surface area contributed by atoms with E-state index in [2.05, 4.69) is 5.32 Å². The summed E-state index contributed by atoms with van der Waals surface area (Å²) in [6, 6.07) is 11.4. The van der Waals surface area contributed by atoms with Crippen molar-refractivity contribution in [1.82, 2.24) is 0 Å². The van der Waals surface area contributed by atoms with E-state index in [1.807, 2.05) is 45.0 Å². The molecule has 0 aliphatic heterocycles. The lowest BCUT2D eigenvalue weighted by Gasteiger charge is -2.14. The highest BCUT2D eigenvalue weighted by Gasteiger charge is 2.11. The minimum absolute atomic E-state index is 0.306. The van der Waals surface area contributed by atoms with E-state index in [0.717, 1.165) is 28.9 Å². The number of aryl methyl sites for hydroxylation is 3. The second-order valence-electron chi connectivity index (χ2n) is 5.65. The maximum Gasteiger partial charge on any atom is 0.337 e. The smallest absolute Gasteiger partial charge is 0.337 e. The summed E-state index contributed by atoms with van der Waals surface area (Å²) in [4.78, 5) is 11.3. The van der Waals surface area contributed by atoms with Gasteiger partial charge >= 0.3 is 5.97 Å². The Kier molecular flexibility index (Phi) is 5.63. The first-order chi connectivity index (χ1) is 11.0. The normalized spacial score (nSPS) is 10.4. The third-order valence-electron chi connectivity index (χ3n) is 3.78.